The van der Waals surface area contributed by atoms with Crippen LogP contribution in [0.3, 0.4) is 0 Å². The number of hydrogen-bond acceptors (Lipinski definition) is 9. The number of halogens is 2. The van der Waals surface area contributed by atoms with Crippen LogP contribution in [0, 0.1) is 17.0 Å². The van der Waals surface area contributed by atoms with Crippen molar-refractivity contribution in [2.45, 2.75) is 51.0 Å². The molecule has 2 aliphatic heterocycles. The van der Waals surface area contributed by atoms with Gasteiger partial charge in [-0.3, -0.25) is 4.98 Å². The van der Waals surface area contributed by atoms with Gasteiger partial charge in [0.15, 0.2) is 12.6 Å². The number of rotatable bonds is 10. The van der Waals surface area contributed by atoms with Crippen molar-refractivity contribution in [1.29, 1.82) is 0 Å². The zero-order valence-electron chi connectivity index (χ0n) is 25.0. The van der Waals surface area contributed by atoms with Crippen LogP contribution in [0.5, 0.6) is 11.8 Å². The number of ether oxygens (including phenoxy) is 4. The number of aromatic nitrogens is 3. The molecule has 2 aromatic carbocycles. The fourth-order valence-electron chi connectivity index (χ4n) is 6.48. The van der Waals surface area contributed by atoms with Gasteiger partial charge in [-0.1, -0.05) is 13.0 Å². The molecule has 0 unspecified atom stereocenters. The predicted octanol–water partition coefficient (Wildman–Crippen LogP) is 5.58. The lowest BCUT2D eigenvalue weighted by molar-refractivity contribution is -0.151. The van der Waals surface area contributed by atoms with Gasteiger partial charge in [0.05, 0.1) is 30.8 Å². The van der Waals surface area contributed by atoms with Gasteiger partial charge in [0.2, 0.25) is 0 Å². The van der Waals surface area contributed by atoms with Crippen LogP contribution in [0.1, 0.15) is 44.6 Å². The van der Waals surface area contributed by atoms with Crippen LogP contribution in [0.15, 0.2) is 30.5 Å². The topological polar surface area (TPSA) is 99.1 Å². The van der Waals surface area contributed by atoms with E-state index in [9.17, 15) is 5.11 Å². The maximum atomic E-state index is 16.9. The molecule has 2 aromatic heterocycles. The highest BCUT2D eigenvalue weighted by Crippen LogP contribution is 2.46. The number of aliphatic hydroxyl groups is 1. The minimum absolute atomic E-state index is 0.00589. The quantitative estimate of drug-likeness (QED) is 0.232. The Hall–Kier alpha value is -3.67. The predicted molar refractivity (Wildman–Crippen MR) is 161 cm³/mol. The van der Waals surface area contributed by atoms with Crippen LogP contribution in [-0.4, -0.2) is 72.5 Å². The van der Waals surface area contributed by atoms with Gasteiger partial charge >= 0.3 is 6.01 Å². The molecule has 2 saturated heterocycles. The molecule has 1 spiro atoms. The summed E-state index contributed by atoms with van der Waals surface area (Å²) in [6.07, 6.45) is 6.54. The molecule has 3 aliphatic rings. The fourth-order valence-corrected chi connectivity index (χ4v) is 6.48. The molecular formula is C33H36F2N4O5. The van der Waals surface area contributed by atoms with Crippen molar-refractivity contribution in [2.24, 2.45) is 5.41 Å². The lowest BCUT2D eigenvalue weighted by atomic mass is 9.86. The second-order valence-electron chi connectivity index (χ2n) is 12.3. The largest absolute Gasteiger partial charge is 0.468 e. The minimum atomic E-state index is -0.664. The molecule has 0 radical (unpaired) electrons. The van der Waals surface area contributed by atoms with Gasteiger partial charge in [-0.05, 0) is 66.6 Å². The Balaban J connectivity index is 1.40. The SMILES string of the molecule is CCc1c(F)ccc2cc(OCOC)cc(-c3ncc4c(N5CCC[C@@]6(CCO6)C5)nc(OCC5(CO)CC5)nc4c3F)c12. The number of methoxy groups -OCH3 is 1. The molecule has 3 fully saturated rings. The third kappa shape index (κ3) is 5.10. The molecule has 1 aliphatic carbocycles. The lowest BCUT2D eigenvalue weighted by Crippen LogP contribution is -2.56. The molecule has 232 valence electrons. The summed E-state index contributed by atoms with van der Waals surface area (Å²) >= 11 is 0. The number of benzene rings is 2. The van der Waals surface area contributed by atoms with Gasteiger partial charge < -0.3 is 29.0 Å². The van der Waals surface area contributed by atoms with E-state index >= 15 is 8.78 Å². The maximum Gasteiger partial charge on any atom is 0.319 e. The van der Waals surface area contributed by atoms with E-state index in [1.54, 1.807) is 24.4 Å². The first-order valence-electron chi connectivity index (χ1n) is 15.2. The van der Waals surface area contributed by atoms with Crippen LogP contribution >= 0.6 is 0 Å². The number of pyridine rings is 1. The smallest absolute Gasteiger partial charge is 0.319 e. The minimum Gasteiger partial charge on any atom is -0.468 e. The number of aliphatic hydroxyl groups excluding tert-OH is 1. The zero-order valence-corrected chi connectivity index (χ0v) is 25.0. The Morgan fingerprint density at radius 2 is 1.93 bits per heavy atom. The number of fused-ring (bicyclic) bond motifs is 2. The molecule has 4 aromatic rings. The van der Waals surface area contributed by atoms with E-state index in [0.717, 1.165) is 45.3 Å². The number of aryl methyl sites for hydroxylation is 1. The number of piperidine rings is 1. The highest BCUT2D eigenvalue weighted by atomic mass is 19.1. The Kier molecular flexibility index (Phi) is 7.50. The molecule has 1 N–H and O–H groups in total. The average molecular weight is 607 g/mol. The Labute approximate surface area is 254 Å². The number of hydrogen-bond donors (Lipinski definition) is 1. The highest BCUT2D eigenvalue weighted by Gasteiger charge is 2.44. The molecule has 0 amide bonds. The third-order valence-corrected chi connectivity index (χ3v) is 9.34. The fraction of sp³-hybridized carbons (Fsp3) is 0.485. The Morgan fingerprint density at radius 3 is 2.64 bits per heavy atom. The van der Waals surface area contributed by atoms with E-state index in [-0.39, 0.29) is 54.1 Å². The second-order valence-corrected chi connectivity index (χ2v) is 12.3. The standard InChI is InChI=1S/C33H36F2N4O5/c1-3-22-25(34)6-5-20-13-21(43-19-41-2)14-23(26(20)22)28-27(35)29-24(15-36-28)30(39-11-4-7-33(16-39)10-12-44-33)38-31(37-29)42-18-32(17-40)8-9-32/h5-6,13-15,40H,3-4,7-12,16-19H2,1-2H3/t33-/m1/s1. The van der Waals surface area contributed by atoms with Crippen molar-refractivity contribution in [3.63, 3.8) is 0 Å². The number of anilines is 1. The molecule has 9 nitrogen and oxygen atoms in total. The molecule has 1 atom stereocenters. The summed E-state index contributed by atoms with van der Waals surface area (Å²) in [4.78, 5) is 16.0. The molecule has 44 heavy (non-hydrogen) atoms. The third-order valence-electron chi connectivity index (χ3n) is 9.34. The van der Waals surface area contributed by atoms with E-state index in [1.165, 1.54) is 13.2 Å². The van der Waals surface area contributed by atoms with Crippen molar-refractivity contribution in [1.82, 2.24) is 15.0 Å². The lowest BCUT2D eigenvalue weighted by Gasteiger charge is -2.48. The first kappa shape index (κ1) is 29.1. The summed E-state index contributed by atoms with van der Waals surface area (Å²) in [6.45, 7) is 4.19. The first-order valence-corrected chi connectivity index (χ1v) is 15.2. The summed E-state index contributed by atoms with van der Waals surface area (Å²) in [7, 11) is 1.51. The second kappa shape index (κ2) is 11.4. The van der Waals surface area contributed by atoms with Crippen molar-refractivity contribution in [3.8, 4) is 23.0 Å². The molecule has 7 rings (SSSR count). The van der Waals surface area contributed by atoms with Gasteiger partial charge in [0, 0.05) is 43.8 Å². The van der Waals surface area contributed by atoms with E-state index in [2.05, 4.69) is 14.9 Å². The Bertz CT molecular complexity index is 1730. The first-order chi connectivity index (χ1) is 21.4. The van der Waals surface area contributed by atoms with E-state index in [1.807, 2.05) is 6.92 Å². The summed E-state index contributed by atoms with van der Waals surface area (Å²) < 4.78 is 54.8. The summed E-state index contributed by atoms with van der Waals surface area (Å²) in [5, 5.41) is 11.5. The zero-order chi connectivity index (χ0) is 30.5. The van der Waals surface area contributed by atoms with Crippen LogP contribution < -0.4 is 14.4 Å². The normalized spacial score (nSPS) is 20.7. The van der Waals surface area contributed by atoms with E-state index < -0.39 is 5.82 Å². The Morgan fingerprint density at radius 1 is 1.09 bits per heavy atom. The number of nitrogens with zero attached hydrogens (tertiary/aromatic N) is 4. The highest BCUT2D eigenvalue weighted by molar-refractivity contribution is 6.01. The van der Waals surface area contributed by atoms with Crippen molar-refractivity contribution in [3.05, 3.63) is 47.7 Å². The van der Waals surface area contributed by atoms with Crippen LogP contribution in [0.4, 0.5) is 14.6 Å². The molecular weight excluding hydrogens is 570 g/mol. The van der Waals surface area contributed by atoms with Crippen molar-refractivity contribution < 1.29 is 32.8 Å². The van der Waals surface area contributed by atoms with Gasteiger partial charge in [-0.2, -0.15) is 9.97 Å². The van der Waals surface area contributed by atoms with Gasteiger partial charge in [0.25, 0.3) is 0 Å². The van der Waals surface area contributed by atoms with E-state index in [0.29, 0.717) is 51.8 Å². The van der Waals surface area contributed by atoms with Gasteiger partial charge in [0.1, 0.15) is 28.6 Å². The van der Waals surface area contributed by atoms with Crippen LogP contribution in [-0.2, 0) is 15.9 Å². The van der Waals surface area contributed by atoms with Gasteiger partial charge in [-0.25, -0.2) is 8.78 Å². The van der Waals surface area contributed by atoms with Crippen LogP contribution in [0.25, 0.3) is 32.9 Å². The van der Waals surface area contributed by atoms with Crippen molar-refractivity contribution in [2.75, 3.05) is 51.7 Å². The maximum absolute atomic E-state index is 16.9. The van der Waals surface area contributed by atoms with Gasteiger partial charge in [-0.15, -0.1) is 0 Å². The van der Waals surface area contributed by atoms with Crippen molar-refractivity contribution >= 4 is 27.5 Å². The molecule has 0 bridgehead atoms. The van der Waals surface area contributed by atoms with E-state index in [4.69, 9.17) is 23.9 Å². The molecule has 11 heteroatoms. The van der Waals surface area contributed by atoms with Crippen LogP contribution in [0.2, 0.25) is 0 Å². The molecule has 4 heterocycles. The monoisotopic (exact) mass is 606 g/mol. The summed E-state index contributed by atoms with van der Waals surface area (Å²) in [5.74, 6) is -0.0610. The molecule has 1 saturated carbocycles. The summed E-state index contributed by atoms with van der Waals surface area (Å²) in [6, 6.07) is 6.55. The average Bonchev–Trinajstić information content (AvgIpc) is 3.82. The summed E-state index contributed by atoms with van der Waals surface area (Å²) in [5.41, 5.74) is 0.403.